The van der Waals surface area contributed by atoms with Crippen LogP contribution in [-0.4, -0.2) is 28.1 Å². The minimum absolute atomic E-state index is 0.0833. The first-order valence-electron chi connectivity index (χ1n) is 7.90. The summed E-state index contributed by atoms with van der Waals surface area (Å²) in [5.74, 6) is 1.69. The lowest BCUT2D eigenvalue weighted by Crippen LogP contribution is -2.59. The second-order valence-electron chi connectivity index (χ2n) is 8.16. The Morgan fingerprint density at radius 2 is 1.57 bits per heavy atom. The molecule has 0 aromatic heterocycles. The van der Waals surface area contributed by atoms with Crippen molar-refractivity contribution < 1.29 is 23.4 Å². The summed E-state index contributed by atoms with van der Waals surface area (Å²) in [5.41, 5.74) is -4.36. The third-order valence-electron chi connectivity index (χ3n) is 7.60. The van der Waals surface area contributed by atoms with E-state index in [0.29, 0.717) is 23.7 Å². The quantitative estimate of drug-likeness (QED) is 0.781. The number of hydrogen-bond donors (Lipinski definition) is 2. The van der Waals surface area contributed by atoms with Crippen LogP contribution in [0.15, 0.2) is 0 Å². The molecule has 0 amide bonds. The van der Waals surface area contributed by atoms with E-state index < -0.39 is 23.3 Å². The standard InChI is InChI=1S/C16H25F3O2/c1-7-8(2)10-5-9(7)11-6-14(3,13(20)12(10)11)15(4,21)16(17,18)19/h7-13,20-21H,5-6H2,1-4H3. The molecule has 5 heteroatoms. The van der Waals surface area contributed by atoms with Crippen LogP contribution in [0.5, 0.6) is 0 Å². The Morgan fingerprint density at radius 3 is 2.10 bits per heavy atom. The number of hydrogen-bond acceptors (Lipinski definition) is 2. The van der Waals surface area contributed by atoms with Crippen LogP contribution >= 0.6 is 0 Å². The predicted octanol–water partition coefficient (Wildman–Crippen LogP) is 3.22. The minimum Gasteiger partial charge on any atom is -0.392 e. The molecule has 0 radical (unpaired) electrons. The van der Waals surface area contributed by atoms with E-state index in [1.807, 2.05) is 0 Å². The van der Waals surface area contributed by atoms with Gasteiger partial charge in [0.25, 0.3) is 0 Å². The highest BCUT2D eigenvalue weighted by Crippen LogP contribution is 2.69. The number of aliphatic hydroxyl groups excluding tert-OH is 1. The Hall–Kier alpha value is -0.290. The van der Waals surface area contributed by atoms with E-state index in [0.717, 1.165) is 13.3 Å². The van der Waals surface area contributed by atoms with E-state index in [-0.39, 0.29) is 18.3 Å². The molecule has 3 fully saturated rings. The van der Waals surface area contributed by atoms with Crippen LogP contribution < -0.4 is 0 Å². The summed E-state index contributed by atoms with van der Waals surface area (Å²) >= 11 is 0. The maximum absolute atomic E-state index is 13.3. The Morgan fingerprint density at radius 1 is 1.05 bits per heavy atom. The lowest BCUT2D eigenvalue weighted by Gasteiger charge is -2.44. The van der Waals surface area contributed by atoms with Gasteiger partial charge >= 0.3 is 6.18 Å². The molecule has 3 aliphatic rings. The van der Waals surface area contributed by atoms with Crippen LogP contribution in [-0.2, 0) is 0 Å². The van der Waals surface area contributed by atoms with Crippen LogP contribution in [0.3, 0.4) is 0 Å². The first-order chi connectivity index (χ1) is 9.43. The van der Waals surface area contributed by atoms with Crippen LogP contribution in [0.1, 0.15) is 40.5 Å². The van der Waals surface area contributed by atoms with Crippen LogP contribution in [0, 0.1) is 40.9 Å². The maximum atomic E-state index is 13.3. The van der Waals surface area contributed by atoms with Gasteiger partial charge in [-0.05, 0) is 55.3 Å². The topological polar surface area (TPSA) is 40.5 Å². The summed E-state index contributed by atoms with van der Waals surface area (Å²) in [6.07, 6.45) is -4.51. The molecule has 2 bridgehead atoms. The van der Waals surface area contributed by atoms with E-state index in [1.165, 1.54) is 6.92 Å². The number of aliphatic hydroxyl groups is 2. The van der Waals surface area contributed by atoms with Gasteiger partial charge in [0.05, 0.1) is 6.10 Å². The maximum Gasteiger partial charge on any atom is 0.417 e. The van der Waals surface area contributed by atoms with Gasteiger partial charge in [-0.2, -0.15) is 13.2 Å². The zero-order valence-electron chi connectivity index (χ0n) is 13.0. The molecule has 122 valence electrons. The summed E-state index contributed by atoms with van der Waals surface area (Å²) in [6.45, 7) is 6.57. The van der Waals surface area contributed by atoms with E-state index in [2.05, 4.69) is 13.8 Å². The number of fused-ring (bicyclic) bond motifs is 5. The van der Waals surface area contributed by atoms with E-state index >= 15 is 0 Å². The largest absolute Gasteiger partial charge is 0.417 e. The van der Waals surface area contributed by atoms with Crippen molar-refractivity contribution in [1.82, 2.24) is 0 Å². The second-order valence-corrected chi connectivity index (χ2v) is 8.16. The molecule has 9 atom stereocenters. The summed E-state index contributed by atoms with van der Waals surface area (Å²) in [7, 11) is 0. The molecule has 3 saturated carbocycles. The lowest BCUT2D eigenvalue weighted by molar-refractivity contribution is -0.304. The van der Waals surface area contributed by atoms with Crippen molar-refractivity contribution in [1.29, 1.82) is 0 Å². The monoisotopic (exact) mass is 306 g/mol. The first-order valence-corrected chi connectivity index (χ1v) is 7.90. The predicted molar refractivity (Wildman–Crippen MR) is 72.3 cm³/mol. The molecule has 0 aromatic carbocycles. The number of alkyl halides is 3. The average Bonchev–Trinajstić information content (AvgIpc) is 2.92. The van der Waals surface area contributed by atoms with Gasteiger partial charge in [-0.1, -0.05) is 20.8 Å². The Bertz CT molecular complexity index is 447. The Kier molecular flexibility index (Phi) is 3.09. The molecule has 21 heavy (non-hydrogen) atoms. The summed E-state index contributed by atoms with van der Waals surface area (Å²) in [5, 5.41) is 20.9. The summed E-state index contributed by atoms with van der Waals surface area (Å²) in [6, 6.07) is 0. The van der Waals surface area contributed by atoms with Gasteiger partial charge in [0, 0.05) is 5.41 Å². The smallest absolute Gasteiger partial charge is 0.392 e. The second kappa shape index (κ2) is 4.16. The number of rotatable bonds is 1. The third-order valence-corrected chi connectivity index (χ3v) is 7.60. The van der Waals surface area contributed by atoms with Gasteiger partial charge in [0.15, 0.2) is 5.60 Å². The Labute approximate surface area is 123 Å². The highest BCUT2D eigenvalue weighted by Gasteiger charge is 2.72. The normalized spacial score (nSPS) is 55.6. The third kappa shape index (κ3) is 1.68. The van der Waals surface area contributed by atoms with Gasteiger partial charge in [0.1, 0.15) is 0 Å². The molecule has 3 rings (SSSR count). The SMILES string of the molecule is CC1C(C)C2CC1C1CC(C)(C(C)(O)C(F)(F)F)C(O)C21. The highest BCUT2D eigenvalue weighted by molar-refractivity contribution is 5.17. The van der Waals surface area contributed by atoms with Gasteiger partial charge in [-0.25, -0.2) is 0 Å². The molecule has 3 aliphatic carbocycles. The van der Waals surface area contributed by atoms with Gasteiger partial charge in [0.2, 0.25) is 0 Å². The molecule has 0 aliphatic heterocycles. The first kappa shape index (κ1) is 15.6. The van der Waals surface area contributed by atoms with E-state index in [4.69, 9.17) is 0 Å². The van der Waals surface area contributed by atoms with Gasteiger partial charge in [-0.15, -0.1) is 0 Å². The highest BCUT2D eigenvalue weighted by atomic mass is 19.4. The van der Waals surface area contributed by atoms with Crippen molar-refractivity contribution in [2.24, 2.45) is 40.9 Å². The minimum atomic E-state index is -4.72. The van der Waals surface area contributed by atoms with Crippen molar-refractivity contribution in [3.05, 3.63) is 0 Å². The van der Waals surface area contributed by atoms with Crippen molar-refractivity contribution in [3.63, 3.8) is 0 Å². The molecule has 2 nitrogen and oxygen atoms in total. The van der Waals surface area contributed by atoms with Gasteiger partial charge < -0.3 is 10.2 Å². The molecule has 0 saturated heterocycles. The fourth-order valence-corrected chi connectivity index (χ4v) is 5.80. The molecule has 2 N–H and O–H groups in total. The molecule has 0 spiro atoms. The zero-order chi connectivity index (χ0) is 16.0. The number of halogens is 3. The van der Waals surface area contributed by atoms with Crippen molar-refractivity contribution >= 4 is 0 Å². The Balaban J connectivity index is 1.96. The van der Waals surface area contributed by atoms with Crippen LogP contribution in [0.2, 0.25) is 0 Å². The summed E-state index contributed by atoms with van der Waals surface area (Å²) < 4.78 is 39.8. The van der Waals surface area contributed by atoms with E-state index in [1.54, 1.807) is 0 Å². The molecule has 0 heterocycles. The molecular weight excluding hydrogens is 281 g/mol. The van der Waals surface area contributed by atoms with Crippen molar-refractivity contribution in [3.8, 4) is 0 Å². The van der Waals surface area contributed by atoms with Crippen molar-refractivity contribution in [2.75, 3.05) is 0 Å². The fraction of sp³-hybridized carbons (Fsp3) is 1.00. The van der Waals surface area contributed by atoms with Crippen LogP contribution in [0.4, 0.5) is 13.2 Å². The zero-order valence-corrected chi connectivity index (χ0v) is 13.0. The van der Waals surface area contributed by atoms with Crippen LogP contribution in [0.25, 0.3) is 0 Å². The molecular formula is C16H25F3O2. The van der Waals surface area contributed by atoms with E-state index in [9.17, 15) is 23.4 Å². The summed E-state index contributed by atoms with van der Waals surface area (Å²) in [4.78, 5) is 0. The average molecular weight is 306 g/mol. The van der Waals surface area contributed by atoms with Gasteiger partial charge in [-0.3, -0.25) is 0 Å². The lowest BCUT2D eigenvalue weighted by atomic mass is 9.68. The molecule has 9 unspecified atom stereocenters. The fourth-order valence-electron chi connectivity index (χ4n) is 5.80. The molecule has 0 aromatic rings. The van der Waals surface area contributed by atoms with Crippen molar-refractivity contribution in [2.45, 2.75) is 58.4 Å².